The molecule has 0 atom stereocenters. The zero-order valence-electron chi connectivity index (χ0n) is 11.0. The summed E-state index contributed by atoms with van der Waals surface area (Å²) in [5.74, 6) is -0.762. The highest BCUT2D eigenvalue weighted by Crippen LogP contribution is 2.20. The maximum absolute atomic E-state index is 13.8. The molecule has 1 amide bonds. The molecule has 18 heavy (non-hydrogen) atoms. The van der Waals surface area contributed by atoms with Crippen LogP contribution < -0.4 is 4.74 Å². The van der Waals surface area contributed by atoms with Gasteiger partial charge in [-0.05, 0) is 26.0 Å². The third kappa shape index (κ3) is 2.79. The summed E-state index contributed by atoms with van der Waals surface area (Å²) in [4.78, 5) is 13.4. The van der Waals surface area contributed by atoms with Gasteiger partial charge in [0.25, 0.3) is 5.91 Å². The molecule has 0 saturated carbocycles. The molecular formula is C13H18FNO3. The first-order chi connectivity index (χ1) is 8.33. The number of aliphatic hydroxyl groups excluding tert-OH is 1. The fourth-order valence-corrected chi connectivity index (χ4v) is 1.36. The van der Waals surface area contributed by atoms with Gasteiger partial charge in [-0.25, -0.2) is 4.39 Å². The van der Waals surface area contributed by atoms with E-state index in [9.17, 15) is 14.3 Å². The van der Waals surface area contributed by atoms with Gasteiger partial charge in [0.05, 0.1) is 24.8 Å². The monoisotopic (exact) mass is 255 g/mol. The van der Waals surface area contributed by atoms with Crippen molar-refractivity contribution in [3.8, 4) is 5.75 Å². The van der Waals surface area contributed by atoms with E-state index in [0.29, 0.717) is 5.75 Å². The molecule has 1 N–H and O–H groups in total. The van der Waals surface area contributed by atoms with Gasteiger partial charge in [0.2, 0.25) is 0 Å². The Morgan fingerprint density at radius 2 is 2.11 bits per heavy atom. The maximum Gasteiger partial charge on any atom is 0.257 e. The molecular weight excluding hydrogens is 237 g/mol. The minimum absolute atomic E-state index is 0.0418. The third-order valence-electron chi connectivity index (χ3n) is 3.01. The lowest BCUT2D eigenvalue weighted by molar-refractivity contribution is 0.0469. The number of methoxy groups -OCH3 is 1. The topological polar surface area (TPSA) is 49.8 Å². The summed E-state index contributed by atoms with van der Waals surface area (Å²) in [6, 6.07) is 4.06. The molecule has 0 spiro atoms. The molecule has 0 radical (unpaired) electrons. The predicted molar refractivity (Wildman–Crippen MR) is 66.2 cm³/mol. The molecule has 0 fully saturated rings. The van der Waals surface area contributed by atoms with Crippen LogP contribution in [0.15, 0.2) is 18.2 Å². The number of ether oxygens (including phenoxy) is 1. The van der Waals surface area contributed by atoms with Crippen LogP contribution in [0.25, 0.3) is 0 Å². The summed E-state index contributed by atoms with van der Waals surface area (Å²) in [6.07, 6.45) is 0. The first-order valence-corrected chi connectivity index (χ1v) is 5.56. The standard InChI is InChI=1S/C13H18FNO3/c1-13(2,8-16)15(3)12(17)10-6-5-9(18-4)7-11(10)14/h5-7,16H,8H2,1-4H3. The minimum Gasteiger partial charge on any atom is -0.497 e. The molecule has 1 aromatic rings. The van der Waals surface area contributed by atoms with Crippen LogP contribution in [-0.2, 0) is 0 Å². The van der Waals surface area contributed by atoms with Gasteiger partial charge >= 0.3 is 0 Å². The summed E-state index contributed by atoms with van der Waals surface area (Å²) < 4.78 is 18.6. The molecule has 0 aliphatic rings. The van der Waals surface area contributed by atoms with Gasteiger partial charge in [-0.15, -0.1) is 0 Å². The Balaban J connectivity index is 3.04. The number of halogens is 1. The van der Waals surface area contributed by atoms with Crippen molar-refractivity contribution in [2.75, 3.05) is 20.8 Å². The van der Waals surface area contributed by atoms with Gasteiger partial charge in [-0.2, -0.15) is 0 Å². The van der Waals surface area contributed by atoms with Crippen molar-refractivity contribution < 1.29 is 19.0 Å². The smallest absolute Gasteiger partial charge is 0.257 e. The van der Waals surface area contributed by atoms with Crippen LogP contribution in [0.3, 0.4) is 0 Å². The van der Waals surface area contributed by atoms with Crippen LogP contribution in [-0.4, -0.2) is 42.2 Å². The Kier molecular flexibility index (Phi) is 4.29. The van der Waals surface area contributed by atoms with E-state index in [2.05, 4.69) is 0 Å². The van der Waals surface area contributed by atoms with E-state index in [1.54, 1.807) is 13.8 Å². The zero-order chi connectivity index (χ0) is 13.9. The van der Waals surface area contributed by atoms with E-state index in [-0.39, 0.29) is 12.2 Å². The summed E-state index contributed by atoms with van der Waals surface area (Å²) in [5.41, 5.74) is -0.788. The van der Waals surface area contributed by atoms with Gasteiger partial charge in [-0.1, -0.05) is 0 Å². The van der Waals surface area contributed by atoms with Crippen LogP contribution in [0.5, 0.6) is 5.75 Å². The molecule has 0 unspecified atom stereocenters. The average Bonchev–Trinajstić information content (AvgIpc) is 2.36. The lowest BCUT2D eigenvalue weighted by atomic mass is 10.0. The maximum atomic E-state index is 13.8. The van der Waals surface area contributed by atoms with Crippen LogP contribution in [0, 0.1) is 5.82 Å². The average molecular weight is 255 g/mol. The highest BCUT2D eigenvalue weighted by Gasteiger charge is 2.29. The second kappa shape index (κ2) is 5.35. The first kappa shape index (κ1) is 14.4. The van der Waals surface area contributed by atoms with Crippen molar-refractivity contribution in [3.63, 3.8) is 0 Å². The molecule has 1 rings (SSSR count). The second-order valence-corrected chi connectivity index (χ2v) is 4.68. The highest BCUT2D eigenvalue weighted by molar-refractivity contribution is 5.95. The number of likely N-dealkylation sites (N-methyl/N-ethyl adjacent to an activating group) is 1. The quantitative estimate of drug-likeness (QED) is 0.890. The lowest BCUT2D eigenvalue weighted by Gasteiger charge is -2.34. The van der Waals surface area contributed by atoms with Gasteiger partial charge in [0, 0.05) is 13.1 Å². The molecule has 0 saturated heterocycles. The van der Waals surface area contributed by atoms with Crippen molar-refractivity contribution in [2.45, 2.75) is 19.4 Å². The number of hydrogen-bond acceptors (Lipinski definition) is 3. The lowest BCUT2D eigenvalue weighted by Crippen LogP contribution is -2.47. The number of nitrogens with zero attached hydrogens (tertiary/aromatic N) is 1. The van der Waals surface area contributed by atoms with Gasteiger partial charge in [0.1, 0.15) is 11.6 Å². The molecule has 4 nitrogen and oxygen atoms in total. The molecule has 0 aliphatic heterocycles. The number of amides is 1. The van der Waals surface area contributed by atoms with Crippen molar-refractivity contribution in [1.82, 2.24) is 4.90 Å². The minimum atomic E-state index is -0.747. The summed E-state index contributed by atoms with van der Waals surface area (Å²) in [5, 5.41) is 9.20. The second-order valence-electron chi connectivity index (χ2n) is 4.68. The number of carbonyl (C=O) groups is 1. The third-order valence-corrected chi connectivity index (χ3v) is 3.01. The number of hydrogen-bond donors (Lipinski definition) is 1. The Morgan fingerprint density at radius 1 is 1.50 bits per heavy atom. The summed E-state index contributed by atoms with van der Waals surface area (Å²) >= 11 is 0. The Labute approximate surface area is 106 Å². The predicted octanol–water partition coefficient (Wildman–Crippen LogP) is 1.68. The van der Waals surface area contributed by atoms with Crippen molar-refractivity contribution in [1.29, 1.82) is 0 Å². The normalized spacial score (nSPS) is 11.2. The Morgan fingerprint density at radius 3 is 2.56 bits per heavy atom. The van der Waals surface area contributed by atoms with E-state index in [0.717, 1.165) is 6.07 Å². The molecule has 1 aromatic carbocycles. The molecule has 0 bridgehead atoms. The summed E-state index contributed by atoms with van der Waals surface area (Å²) in [7, 11) is 2.96. The summed E-state index contributed by atoms with van der Waals surface area (Å²) in [6.45, 7) is 3.20. The van der Waals surface area contributed by atoms with E-state index in [1.165, 1.54) is 31.2 Å². The van der Waals surface area contributed by atoms with Crippen molar-refractivity contribution in [2.24, 2.45) is 0 Å². The van der Waals surface area contributed by atoms with Crippen molar-refractivity contribution >= 4 is 5.91 Å². The molecule has 0 heterocycles. The Hall–Kier alpha value is -1.62. The van der Waals surface area contributed by atoms with Crippen LogP contribution >= 0.6 is 0 Å². The largest absolute Gasteiger partial charge is 0.497 e. The van der Waals surface area contributed by atoms with Gasteiger partial charge in [-0.3, -0.25) is 4.79 Å². The van der Waals surface area contributed by atoms with E-state index < -0.39 is 17.3 Å². The fourth-order valence-electron chi connectivity index (χ4n) is 1.36. The SMILES string of the molecule is COc1ccc(C(=O)N(C)C(C)(C)CO)c(F)c1. The van der Waals surface area contributed by atoms with Crippen LogP contribution in [0.1, 0.15) is 24.2 Å². The Bertz CT molecular complexity index is 446. The van der Waals surface area contributed by atoms with Gasteiger partial charge < -0.3 is 14.7 Å². The zero-order valence-corrected chi connectivity index (χ0v) is 11.0. The number of rotatable bonds is 4. The number of carbonyl (C=O) groups excluding carboxylic acids is 1. The number of benzene rings is 1. The van der Waals surface area contributed by atoms with Crippen molar-refractivity contribution in [3.05, 3.63) is 29.6 Å². The fraction of sp³-hybridized carbons (Fsp3) is 0.462. The van der Waals surface area contributed by atoms with Crippen LogP contribution in [0.4, 0.5) is 4.39 Å². The molecule has 5 heteroatoms. The number of aliphatic hydroxyl groups is 1. The highest BCUT2D eigenvalue weighted by atomic mass is 19.1. The first-order valence-electron chi connectivity index (χ1n) is 5.56. The molecule has 0 aromatic heterocycles. The molecule has 0 aliphatic carbocycles. The van der Waals surface area contributed by atoms with E-state index in [1.807, 2.05) is 0 Å². The van der Waals surface area contributed by atoms with Crippen LogP contribution in [0.2, 0.25) is 0 Å². The molecule has 100 valence electrons. The van der Waals surface area contributed by atoms with E-state index in [4.69, 9.17) is 4.74 Å². The van der Waals surface area contributed by atoms with E-state index >= 15 is 0 Å². The van der Waals surface area contributed by atoms with Gasteiger partial charge in [0.15, 0.2) is 0 Å².